The Morgan fingerprint density at radius 2 is 1.75 bits per heavy atom. The molecule has 1 aromatic carbocycles. The first-order valence-corrected chi connectivity index (χ1v) is 8.58. The van der Waals surface area contributed by atoms with Crippen molar-refractivity contribution in [3.05, 3.63) is 23.8 Å². The summed E-state index contributed by atoms with van der Waals surface area (Å²) < 4.78 is 11.2. The van der Waals surface area contributed by atoms with E-state index in [0.717, 1.165) is 25.7 Å². The van der Waals surface area contributed by atoms with Crippen LogP contribution in [0.25, 0.3) is 0 Å². The number of carbonyl (C=O) groups excluding carboxylic acids is 1. The summed E-state index contributed by atoms with van der Waals surface area (Å²) in [6.45, 7) is 1.16. The van der Waals surface area contributed by atoms with Crippen LogP contribution in [0.2, 0.25) is 0 Å². The molecule has 0 aromatic heterocycles. The number of carbonyl (C=O) groups is 2. The third kappa shape index (κ3) is 3.80. The molecule has 1 aliphatic heterocycles. The first-order valence-electron chi connectivity index (χ1n) is 8.58. The molecule has 2 atom stereocenters. The monoisotopic (exact) mass is 333 g/mol. The second-order valence-electron chi connectivity index (χ2n) is 6.37. The quantitative estimate of drug-likeness (QED) is 0.831. The maximum absolute atomic E-state index is 12.6. The molecule has 2 N–H and O–H groups in total. The highest BCUT2D eigenvalue weighted by Crippen LogP contribution is 2.31. The van der Waals surface area contributed by atoms with Crippen LogP contribution in [0.15, 0.2) is 18.2 Å². The predicted molar refractivity (Wildman–Crippen MR) is 87.5 cm³/mol. The topological polar surface area (TPSA) is 84.9 Å². The third-order valence-electron chi connectivity index (χ3n) is 4.66. The lowest BCUT2D eigenvalue weighted by atomic mass is 9.94. The summed E-state index contributed by atoms with van der Waals surface area (Å²) in [6, 6.07) is 4.77. The van der Waals surface area contributed by atoms with Crippen molar-refractivity contribution in [2.45, 2.75) is 44.6 Å². The molecule has 0 bridgehead atoms. The van der Waals surface area contributed by atoms with Crippen LogP contribution in [0.4, 0.5) is 0 Å². The third-order valence-corrected chi connectivity index (χ3v) is 4.66. The smallest absolute Gasteiger partial charge is 0.308 e. The maximum atomic E-state index is 12.6. The van der Waals surface area contributed by atoms with Gasteiger partial charge in [0, 0.05) is 18.0 Å². The SMILES string of the molecule is O=C(N[C@H]1CCCCC[C@H]1C(=O)O)c1ccc2c(c1)OCCCO2. The Labute approximate surface area is 141 Å². The predicted octanol–water partition coefficient (Wildman–Crippen LogP) is 2.61. The standard InChI is InChI=1S/C18H23NO5/c20-17(19-14-6-3-1-2-5-13(14)18(21)22)12-7-8-15-16(11-12)24-10-4-9-23-15/h7-8,11,13-14H,1-6,9-10H2,(H,19,20)(H,21,22)/t13-,14+/m1/s1. The Hall–Kier alpha value is -2.24. The summed E-state index contributed by atoms with van der Waals surface area (Å²) in [4.78, 5) is 24.0. The van der Waals surface area contributed by atoms with Gasteiger partial charge in [-0.3, -0.25) is 9.59 Å². The largest absolute Gasteiger partial charge is 0.490 e. The van der Waals surface area contributed by atoms with Crippen LogP contribution in [-0.4, -0.2) is 36.2 Å². The van der Waals surface area contributed by atoms with Crippen LogP contribution < -0.4 is 14.8 Å². The van der Waals surface area contributed by atoms with Gasteiger partial charge in [-0.2, -0.15) is 0 Å². The van der Waals surface area contributed by atoms with Gasteiger partial charge in [0.2, 0.25) is 0 Å². The zero-order chi connectivity index (χ0) is 16.9. The molecule has 24 heavy (non-hydrogen) atoms. The lowest BCUT2D eigenvalue weighted by Crippen LogP contribution is -2.42. The zero-order valence-corrected chi connectivity index (χ0v) is 13.6. The number of carboxylic acids is 1. The van der Waals surface area contributed by atoms with Crippen molar-refractivity contribution in [3.8, 4) is 11.5 Å². The number of benzene rings is 1. The number of hydrogen-bond acceptors (Lipinski definition) is 4. The van der Waals surface area contributed by atoms with E-state index in [1.165, 1.54) is 0 Å². The van der Waals surface area contributed by atoms with Gasteiger partial charge < -0.3 is 19.9 Å². The molecule has 1 fully saturated rings. The van der Waals surface area contributed by atoms with Crippen molar-refractivity contribution in [2.24, 2.45) is 5.92 Å². The van der Waals surface area contributed by atoms with Gasteiger partial charge in [-0.25, -0.2) is 0 Å². The van der Waals surface area contributed by atoms with Gasteiger partial charge in [0.25, 0.3) is 5.91 Å². The average Bonchev–Trinajstić information content (AvgIpc) is 2.94. The van der Waals surface area contributed by atoms with Crippen molar-refractivity contribution < 1.29 is 24.2 Å². The van der Waals surface area contributed by atoms with Crippen molar-refractivity contribution in [1.29, 1.82) is 0 Å². The number of aliphatic carboxylic acids is 1. The second-order valence-corrected chi connectivity index (χ2v) is 6.37. The minimum absolute atomic E-state index is 0.260. The van der Waals surface area contributed by atoms with Crippen molar-refractivity contribution in [2.75, 3.05) is 13.2 Å². The van der Waals surface area contributed by atoms with Gasteiger partial charge in [0.15, 0.2) is 11.5 Å². The van der Waals surface area contributed by atoms with Crippen LogP contribution in [-0.2, 0) is 4.79 Å². The molecule has 130 valence electrons. The summed E-state index contributed by atoms with van der Waals surface area (Å²) in [5.41, 5.74) is 0.465. The molecule has 1 saturated carbocycles. The molecule has 1 aliphatic carbocycles. The first kappa shape index (κ1) is 16.6. The van der Waals surface area contributed by atoms with E-state index < -0.39 is 11.9 Å². The molecule has 1 heterocycles. The summed E-state index contributed by atoms with van der Waals surface area (Å²) in [5.74, 6) is -0.403. The van der Waals surface area contributed by atoms with E-state index in [1.807, 2.05) is 0 Å². The molecule has 1 amide bonds. The normalized spacial score (nSPS) is 23.7. The molecule has 0 saturated heterocycles. The molecule has 6 nitrogen and oxygen atoms in total. The molecule has 1 aromatic rings. The van der Waals surface area contributed by atoms with Crippen LogP contribution in [0.1, 0.15) is 48.9 Å². The summed E-state index contributed by atoms with van der Waals surface area (Å²) in [6.07, 6.45) is 4.97. The molecule has 3 rings (SSSR count). The molecular weight excluding hydrogens is 310 g/mol. The van der Waals surface area contributed by atoms with Gasteiger partial charge in [-0.15, -0.1) is 0 Å². The number of fused-ring (bicyclic) bond motifs is 1. The Bertz CT molecular complexity index is 615. The number of rotatable bonds is 3. The Balaban J connectivity index is 1.73. The van der Waals surface area contributed by atoms with Gasteiger partial charge in [0.1, 0.15) is 0 Å². The van der Waals surface area contributed by atoms with Crippen LogP contribution in [0.3, 0.4) is 0 Å². The number of nitrogens with one attached hydrogen (secondary N) is 1. The van der Waals surface area contributed by atoms with Gasteiger partial charge in [-0.05, 0) is 31.0 Å². The number of hydrogen-bond donors (Lipinski definition) is 2. The molecule has 0 radical (unpaired) electrons. The Morgan fingerprint density at radius 1 is 1.00 bits per heavy atom. The average molecular weight is 333 g/mol. The van der Waals surface area contributed by atoms with Crippen molar-refractivity contribution >= 4 is 11.9 Å². The van der Waals surface area contributed by atoms with Crippen molar-refractivity contribution in [3.63, 3.8) is 0 Å². The lowest BCUT2D eigenvalue weighted by molar-refractivity contribution is -0.142. The Morgan fingerprint density at radius 3 is 2.54 bits per heavy atom. The highest BCUT2D eigenvalue weighted by molar-refractivity contribution is 5.95. The molecule has 2 aliphatic rings. The fraction of sp³-hybridized carbons (Fsp3) is 0.556. The van der Waals surface area contributed by atoms with E-state index in [0.29, 0.717) is 43.1 Å². The van der Waals surface area contributed by atoms with E-state index >= 15 is 0 Å². The van der Waals surface area contributed by atoms with Gasteiger partial charge in [0.05, 0.1) is 19.1 Å². The van der Waals surface area contributed by atoms with Crippen LogP contribution >= 0.6 is 0 Å². The highest BCUT2D eigenvalue weighted by Gasteiger charge is 2.31. The second kappa shape index (κ2) is 7.55. The lowest BCUT2D eigenvalue weighted by Gasteiger charge is -2.23. The molecule has 0 spiro atoms. The van der Waals surface area contributed by atoms with Crippen molar-refractivity contribution in [1.82, 2.24) is 5.32 Å². The van der Waals surface area contributed by atoms with E-state index in [2.05, 4.69) is 5.32 Å². The van der Waals surface area contributed by atoms with E-state index in [1.54, 1.807) is 18.2 Å². The zero-order valence-electron chi connectivity index (χ0n) is 13.6. The fourth-order valence-corrected chi connectivity index (χ4v) is 3.33. The van der Waals surface area contributed by atoms with E-state index in [-0.39, 0.29) is 11.9 Å². The van der Waals surface area contributed by atoms with E-state index in [9.17, 15) is 14.7 Å². The number of carboxylic acid groups (broad SMARTS) is 1. The highest BCUT2D eigenvalue weighted by atomic mass is 16.5. The minimum atomic E-state index is -0.833. The first-order chi connectivity index (χ1) is 11.6. The van der Waals surface area contributed by atoms with Crippen LogP contribution in [0, 0.1) is 5.92 Å². The van der Waals surface area contributed by atoms with Gasteiger partial charge >= 0.3 is 5.97 Å². The summed E-state index contributed by atoms with van der Waals surface area (Å²) >= 11 is 0. The number of ether oxygens (including phenoxy) is 2. The van der Waals surface area contributed by atoms with E-state index in [4.69, 9.17) is 9.47 Å². The summed E-state index contributed by atoms with van der Waals surface area (Å²) in [7, 11) is 0. The summed E-state index contributed by atoms with van der Waals surface area (Å²) in [5, 5.41) is 12.3. The molecule has 0 unspecified atom stereocenters. The Kier molecular flexibility index (Phi) is 5.23. The van der Waals surface area contributed by atoms with Crippen LogP contribution in [0.5, 0.6) is 11.5 Å². The molecular formula is C18H23NO5. The number of amides is 1. The fourth-order valence-electron chi connectivity index (χ4n) is 3.33. The maximum Gasteiger partial charge on any atom is 0.308 e. The minimum Gasteiger partial charge on any atom is -0.490 e. The van der Waals surface area contributed by atoms with Gasteiger partial charge in [-0.1, -0.05) is 19.3 Å². The molecule has 6 heteroatoms.